The van der Waals surface area contributed by atoms with E-state index >= 15 is 0 Å². The van der Waals surface area contributed by atoms with Gasteiger partial charge in [-0.3, -0.25) is 0 Å². The van der Waals surface area contributed by atoms with Gasteiger partial charge >= 0.3 is 0 Å². The van der Waals surface area contributed by atoms with E-state index in [9.17, 15) is 0 Å². The molecule has 1 aromatic heterocycles. The van der Waals surface area contributed by atoms with Crippen molar-refractivity contribution in [2.45, 2.75) is 5.88 Å². The molecule has 0 saturated heterocycles. The maximum atomic E-state index is 8.95. The van der Waals surface area contributed by atoms with Crippen LogP contribution in [0, 0.1) is 0 Å². The van der Waals surface area contributed by atoms with E-state index in [1.54, 1.807) is 12.3 Å². The lowest BCUT2D eigenvalue weighted by atomic mass is 10.2. The van der Waals surface area contributed by atoms with Crippen LogP contribution in [0.4, 0.5) is 5.82 Å². The fraction of sp³-hybridized carbons (Fsp3) is 0.364. The second kappa shape index (κ2) is 6.43. The van der Waals surface area contributed by atoms with Gasteiger partial charge in [0.05, 0.1) is 12.5 Å². The molecule has 0 unspecified atom stereocenters. The summed E-state index contributed by atoms with van der Waals surface area (Å²) < 4.78 is 0. The zero-order valence-corrected chi connectivity index (χ0v) is 9.32. The smallest absolute Gasteiger partial charge is 0.133 e. The van der Waals surface area contributed by atoms with Gasteiger partial charge in [0, 0.05) is 24.8 Å². The summed E-state index contributed by atoms with van der Waals surface area (Å²) in [4.78, 5) is 6.22. The third kappa shape index (κ3) is 3.22. The van der Waals surface area contributed by atoms with Gasteiger partial charge < -0.3 is 10.0 Å². The number of hydrogen-bond donors (Lipinski definition) is 1. The summed E-state index contributed by atoms with van der Waals surface area (Å²) in [5, 5.41) is 8.95. The van der Waals surface area contributed by atoms with Crippen molar-refractivity contribution in [3.63, 3.8) is 0 Å². The van der Waals surface area contributed by atoms with Gasteiger partial charge in [0.15, 0.2) is 0 Å². The van der Waals surface area contributed by atoms with E-state index in [1.165, 1.54) is 0 Å². The Morgan fingerprint density at radius 2 is 2.40 bits per heavy atom. The number of rotatable bonds is 6. The van der Waals surface area contributed by atoms with Crippen molar-refractivity contribution in [2.24, 2.45) is 0 Å². The molecule has 3 nitrogen and oxygen atoms in total. The molecule has 0 amide bonds. The summed E-state index contributed by atoms with van der Waals surface area (Å²) in [5.41, 5.74) is 0.967. The highest BCUT2D eigenvalue weighted by Gasteiger charge is 2.09. The number of anilines is 1. The van der Waals surface area contributed by atoms with Crippen molar-refractivity contribution < 1.29 is 5.11 Å². The van der Waals surface area contributed by atoms with Crippen LogP contribution in [-0.2, 0) is 5.88 Å². The molecule has 82 valence electrons. The zero-order valence-electron chi connectivity index (χ0n) is 8.56. The maximum absolute atomic E-state index is 8.95. The number of hydrogen-bond acceptors (Lipinski definition) is 3. The Hall–Kier alpha value is -1.06. The molecule has 0 bridgehead atoms. The molecule has 1 rings (SSSR count). The molecule has 0 aromatic carbocycles. The number of aromatic nitrogens is 1. The largest absolute Gasteiger partial charge is 0.395 e. The Kier molecular flexibility index (Phi) is 5.15. The van der Waals surface area contributed by atoms with Gasteiger partial charge in [0.1, 0.15) is 5.82 Å². The first-order valence-corrected chi connectivity index (χ1v) is 5.33. The monoisotopic (exact) mass is 226 g/mol. The average molecular weight is 227 g/mol. The molecule has 0 radical (unpaired) electrons. The molecule has 1 aromatic rings. The van der Waals surface area contributed by atoms with Gasteiger partial charge in [-0.25, -0.2) is 4.98 Å². The van der Waals surface area contributed by atoms with Crippen molar-refractivity contribution in [3.8, 4) is 0 Å². The molecule has 0 saturated carbocycles. The van der Waals surface area contributed by atoms with Gasteiger partial charge in [0.25, 0.3) is 0 Å². The molecule has 0 atom stereocenters. The van der Waals surface area contributed by atoms with Crippen LogP contribution >= 0.6 is 11.6 Å². The van der Waals surface area contributed by atoms with E-state index in [-0.39, 0.29) is 6.61 Å². The van der Waals surface area contributed by atoms with Crippen LogP contribution in [0.2, 0.25) is 0 Å². The van der Waals surface area contributed by atoms with Crippen LogP contribution in [0.15, 0.2) is 31.0 Å². The molecule has 0 fully saturated rings. The SMILES string of the molecule is C=CCN(CCO)c1ncccc1CCl. The molecular weight excluding hydrogens is 212 g/mol. The normalized spacial score (nSPS) is 10.0. The Morgan fingerprint density at radius 3 is 3.00 bits per heavy atom. The molecule has 0 aliphatic heterocycles. The minimum atomic E-state index is 0.0894. The van der Waals surface area contributed by atoms with E-state index in [2.05, 4.69) is 11.6 Å². The first-order valence-electron chi connectivity index (χ1n) is 4.80. The Morgan fingerprint density at radius 1 is 1.60 bits per heavy atom. The standard InChI is InChI=1S/C11H15ClN2O/c1-2-6-14(7-8-15)11-10(9-12)4-3-5-13-11/h2-5,15H,1,6-9H2. The number of aliphatic hydroxyl groups is 1. The summed E-state index contributed by atoms with van der Waals surface area (Å²) in [7, 11) is 0. The van der Waals surface area contributed by atoms with Crippen LogP contribution in [0.5, 0.6) is 0 Å². The molecule has 0 spiro atoms. The third-order valence-corrected chi connectivity index (χ3v) is 2.32. The lowest BCUT2D eigenvalue weighted by Crippen LogP contribution is -2.28. The minimum Gasteiger partial charge on any atom is -0.395 e. The van der Waals surface area contributed by atoms with Crippen molar-refractivity contribution in [1.29, 1.82) is 0 Å². The van der Waals surface area contributed by atoms with Gasteiger partial charge in [-0.2, -0.15) is 0 Å². The lowest BCUT2D eigenvalue weighted by molar-refractivity contribution is 0.302. The predicted molar refractivity (Wildman–Crippen MR) is 63.3 cm³/mol. The molecule has 0 aliphatic carbocycles. The van der Waals surface area contributed by atoms with E-state index in [0.717, 1.165) is 11.4 Å². The number of nitrogens with zero attached hydrogens (tertiary/aromatic N) is 2. The fourth-order valence-corrected chi connectivity index (χ4v) is 1.59. The van der Waals surface area contributed by atoms with Crippen LogP contribution in [0.25, 0.3) is 0 Å². The van der Waals surface area contributed by atoms with Gasteiger partial charge in [-0.05, 0) is 6.07 Å². The molecule has 15 heavy (non-hydrogen) atoms. The van der Waals surface area contributed by atoms with Crippen molar-refractivity contribution in [1.82, 2.24) is 4.98 Å². The minimum absolute atomic E-state index is 0.0894. The van der Waals surface area contributed by atoms with Crippen LogP contribution < -0.4 is 4.90 Å². The summed E-state index contributed by atoms with van der Waals surface area (Å²) in [5.74, 6) is 1.24. The van der Waals surface area contributed by atoms with E-state index in [0.29, 0.717) is 19.0 Å². The van der Waals surface area contributed by atoms with Gasteiger partial charge in [-0.1, -0.05) is 12.1 Å². The van der Waals surface area contributed by atoms with E-state index in [1.807, 2.05) is 17.0 Å². The number of halogens is 1. The number of aliphatic hydroxyl groups excluding tert-OH is 1. The van der Waals surface area contributed by atoms with Gasteiger partial charge in [0.2, 0.25) is 0 Å². The van der Waals surface area contributed by atoms with Crippen molar-refractivity contribution >= 4 is 17.4 Å². The highest BCUT2D eigenvalue weighted by atomic mass is 35.5. The lowest BCUT2D eigenvalue weighted by Gasteiger charge is -2.22. The van der Waals surface area contributed by atoms with Crippen LogP contribution in [-0.4, -0.2) is 29.8 Å². The summed E-state index contributed by atoms with van der Waals surface area (Å²) in [6, 6.07) is 3.79. The Bertz CT molecular complexity index is 317. The molecule has 1 N–H and O–H groups in total. The summed E-state index contributed by atoms with van der Waals surface area (Å²) in [6.45, 7) is 4.96. The Labute approximate surface area is 95.0 Å². The number of alkyl halides is 1. The summed E-state index contributed by atoms with van der Waals surface area (Å²) in [6.07, 6.45) is 3.50. The first-order chi connectivity index (χ1) is 7.33. The van der Waals surface area contributed by atoms with E-state index < -0.39 is 0 Å². The van der Waals surface area contributed by atoms with Gasteiger partial charge in [-0.15, -0.1) is 18.2 Å². The van der Waals surface area contributed by atoms with E-state index in [4.69, 9.17) is 16.7 Å². The van der Waals surface area contributed by atoms with Crippen LogP contribution in [0.3, 0.4) is 0 Å². The van der Waals surface area contributed by atoms with Crippen LogP contribution in [0.1, 0.15) is 5.56 Å². The number of pyridine rings is 1. The third-order valence-electron chi connectivity index (χ3n) is 2.03. The predicted octanol–water partition coefficient (Wildman–Crippen LogP) is 1.81. The first kappa shape index (κ1) is 12.0. The summed E-state index contributed by atoms with van der Waals surface area (Å²) >= 11 is 5.82. The molecular formula is C11H15ClN2O. The second-order valence-electron chi connectivity index (χ2n) is 3.08. The molecule has 1 heterocycles. The fourth-order valence-electron chi connectivity index (χ4n) is 1.38. The maximum Gasteiger partial charge on any atom is 0.133 e. The highest BCUT2D eigenvalue weighted by Crippen LogP contribution is 2.18. The average Bonchev–Trinajstić information content (AvgIpc) is 2.29. The van der Waals surface area contributed by atoms with Crippen molar-refractivity contribution in [3.05, 3.63) is 36.5 Å². The molecule has 4 heteroatoms. The zero-order chi connectivity index (χ0) is 11.1. The highest BCUT2D eigenvalue weighted by molar-refractivity contribution is 6.17. The van der Waals surface area contributed by atoms with Crippen molar-refractivity contribution in [2.75, 3.05) is 24.6 Å². The second-order valence-corrected chi connectivity index (χ2v) is 3.35. The quantitative estimate of drug-likeness (QED) is 0.594. The Balaban J connectivity index is 2.92. The molecule has 0 aliphatic rings. The topological polar surface area (TPSA) is 36.4 Å².